The van der Waals surface area contributed by atoms with E-state index in [0.29, 0.717) is 29.9 Å². The third-order valence-corrected chi connectivity index (χ3v) is 11.7. The number of aromatic nitrogens is 4. The maximum atomic E-state index is 17.3. The Kier molecular flexibility index (Phi) is 7.29. The Morgan fingerprint density at radius 1 is 1.18 bits per heavy atom. The average Bonchev–Trinajstić information content (AvgIpc) is 3.78. The summed E-state index contributed by atoms with van der Waals surface area (Å²) in [6, 6.07) is 2.10. The van der Waals surface area contributed by atoms with E-state index in [2.05, 4.69) is 26.5 Å². The van der Waals surface area contributed by atoms with Crippen molar-refractivity contribution in [2.24, 2.45) is 7.05 Å². The molecule has 9 rings (SSSR count). The molecule has 0 aliphatic carbocycles. The van der Waals surface area contributed by atoms with E-state index in [9.17, 15) is 4.79 Å². The zero-order chi connectivity index (χ0) is 35.6. The molecule has 2 aromatic carbocycles. The molecule has 2 bridgehead atoms. The first-order valence-electron chi connectivity index (χ1n) is 17.6. The largest absolute Gasteiger partial charge is 0.489 e. The molecule has 11 nitrogen and oxygen atoms in total. The molecule has 4 atom stereocenters. The van der Waals surface area contributed by atoms with Crippen LogP contribution in [0.25, 0.3) is 32.9 Å². The number of fused-ring (bicyclic) bond motifs is 7. The highest BCUT2D eigenvalue weighted by atomic mass is 35.5. The van der Waals surface area contributed by atoms with Gasteiger partial charge in [0, 0.05) is 36.7 Å². The lowest BCUT2D eigenvalue weighted by Gasteiger charge is -2.46. The second-order valence-electron chi connectivity index (χ2n) is 15.7. The molecule has 4 aromatic rings. The quantitative estimate of drug-likeness (QED) is 0.215. The first-order valence-corrected chi connectivity index (χ1v) is 18.0. The van der Waals surface area contributed by atoms with Gasteiger partial charge in [0.15, 0.2) is 11.6 Å². The Morgan fingerprint density at radius 3 is 2.80 bits per heavy atom. The van der Waals surface area contributed by atoms with Gasteiger partial charge in [-0.15, -0.1) is 0 Å². The molecule has 268 valence electrons. The average molecular weight is 720 g/mol. The van der Waals surface area contributed by atoms with E-state index in [1.165, 1.54) is 10.7 Å². The fourth-order valence-electron chi connectivity index (χ4n) is 9.24. The van der Waals surface area contributed by atoms with E-state index in [1.54, 1.807) is 19.3 Å². The molecule has 0 saturated carbocycles. The number of rotatable bonds is 4. The van der Waals surface area contributed by atoms with Crippen molar-refractivity contribution in [2.45, 2.75) is 82.1 Å². The maximum absolute atomic E-state index is 17.3. The van der Waals surface area contributed by atoms with Gasteiger partial charge in [-0.2, -0.15) is 15.1 Å². The molecule has 4 fully saturated rings. The summed E-state index contributed by atoms with van der Waals surface area (Å²) in [6.07, 6.45) is 5.52. The van der Waals surface area contributed by atoms with Gasteiger partial charge >= 0.3 is 12.1 Å². The van der Waals surface area contributed by atoms with Crippen LogP contribution in [0.15, 0.2) is 30.5 Å². The van der Waals surface area contributed by atoms with Gasteiger partial charge in [-0.05, 0) is 71.6 Å². The number of carbonyl (C=O) groups is 1. The van der Waals surface area contributed by atoms with Gasteiger partial charge in [0.25, 0.3) is 0 Å². The Bertz CT molecular complexity index is 2150. The van der Waals surface area contributed by atoms with Crippen LogP contribution in [0.5, 0.6) is 11.8 Å². The number of piperazine rings is 1. The summed E-state index contributed by atoms with van der Waals surface area (Å²) >= 11 is 7.12. The molecule has 51 heavy (non-hydrogen) atoms. The van der Waals surface area contributed by atoms with Crippen LogP contribution < -0.4 is 14.4 Å². The summed E-state index contributed by atoms with van der Waals surface area (Å²) in [7, 11) is 1.67. The van der Waals surface area contributed by atoms with Crippen LogP contribution in [0.4, 0.5) is 19.4 Å². The maximum Gasteiger partial charge on any atom is 0.410 e. The summed E-state index contributed by atoms with van der Waals surface area (Å²) < 4.78 is 53.5. The number of halogens is 3. The Hall–Kier alpha value is -4.23. The Morgan fingerprint density at radius 2 is 2.00 bits per heavy atom. The number of anilines is 1. The third-order valence-electron chi connectivity index (χ3n) is 11.3. The van der Waals surface area contributed by atoms with E-state index in [-0.39, 0.29) is 75.2 Å². The van der Waals surface area contributed by atoms with E-state index in [0.717, 1.165) is 50.8 Å². The SMILES string of the molecule is C=C1CN2CCC[C@@]2(COc2nc3c4c(c(Cl)c(-c5c(F)ccc6cnn(C)c56)c(F)c4n2)OC[C@@H]2[C@@H]4CC[C@H](CN32)N4C(=O)OC(C)(C)C)C1. The smallest absolute Gasteiger partial charge is 0.410 e. The third kappa shape index (κ3) is 4.97. The van der Waals surface area contributed by atoms with Crippen molar-refractivity contribution in [3.8, 4) is 22.9 Å². The van der Waals surface area contributed by atoms with Gasteiger partial charge in [0.1, 0.15) is 36.0 Å². The monoisotopic (exact) mass is 719 g/mol. The van der Waals surface area contributed by atoms with Crippen LogP contribution in [0.2, 0.25) is 5.02 Å². The highest BCUT2D eigenvalue weighted by molar-refractivity contribution is 6.37. The van der Waals surface area contributed by atoms with E-state index < -0.39 is 17.2 Å². The van der Waals surface area contributed by atoms with Crippen LogP contribution in [-0.2, 0) is 11.8 Å². The highest BCUT2D eigenvalue weighted by Crippen LogP contribution is 2.52. The molecule has 7 heterocycles. The standard InChI is InChI=1S/C37H40ClF2N7O4/c1-19-13-37(11-6-12-45(37)15-19)18-50-34-42-30-27-32(28(38)26(29(30)40)25-22(39)9-7-20-14-41-44(5)31(20)25)49-17-24-23-10-8-21(16-46(24)33(27)43-34)47(23)35(48)51-36(2,3)4/h7,9,14,21,23-24H,1,6,8,10-13,15-18H2,2-5H3/t21-,23+,24-,37+/m1/s1. The summed E-state index contributed by atoms with van der Waals surface area (Å²) in [5, 5.41) is 5.11. The number of amides is 1. The van der Waals surface area contributed by atoms with Crippen LogP contribution in [0.1, 0.15) is 52.9 Å². The molecule has 1 amide bonds. The number of ether oxygens (including phenoxy) is 3. The predicted octanol–water partition coefficient (Wildman–Crippen LogP) is 6.64. The van der Waals surface area contributed by atoms with E-state index >= 15 is 8.78 Å². The molecule has 0 radical (unpaired) electrons. The molecule has 4 saturated heterocycles. The first-order chi connectivity index (χ1) is 24.3. The van der Waals surface area contributed by atoms with E-state index in [4.69, 9.17) is 30.8 Å². The van der Waals surface area contributed by atoms with Crippen LogP contribution >= 0.6 is 11.6 Å². The predicted molar refractivity (Wildman–Crippen MR) is 188 cm³/mol. The fraction of sp³-hybridized carbons (Fsp3) is 0.514. The molecule has 0 N–H and O–H groups in total. The molecular weight excluding hydrogens is 680 g/mol. The number of hydrogen-bond acceptors (Lipinski definition) is 9. The normalized spacial score (nSPS) is 25.7. The van der Waals surface area contributed by atoms with Crippen molar-refractivity contribution < 1.29 is 27.8 Å². The zero-order valence-corrected chi connectivity index (χ0v) is 29.9. The fourth-order valence-corrected chi connectivity index (χ4v) is 9.57. The van der Waals surface area contributed by atoms with Crippen molar-refractivity contribution in [3.05, 3.63) is 47.1 Å². The number of aryl methyl sites for hydroxylation is 1. The Balaban J connectivity index is 1.21. The van der Waals surface area contributed by atoms with Gasteiger partial charge < -0.3 is 19.1 Å². The van der Waals surface area contributed by atoms with Crippen LogP contribution in [0, 0.1) is 11.6 Å². The van der Waals surface area contributed by atoms with Crippen molar-refractivity contribution in [3.63, 3.8) is 0 Å². The number of hydrogen-bond donors (Lipinski definition) is 0. The van der Waals surface area contributed by atoms with Crippen molar-refractivity contribution in [1.29, 1.82) is 0 Å². The van der Waals surface area contributed by atoms with E-state index in [1.807, 2.05) is 25.7 Å². The summed E-state index contributed by atoms with van der Waals surface area (Å²) in [6.45, 7) is 12.4. The molecule has 0 spiro atoms. The second-order valence-corrected chi connectivity index (χ2v) is 16.1. The minimum absolute atomic E-state index is 0.0103. The minimum atomic E-state index is -0.813. The van der Waals surface area contributed by atoms with Gasteiger partial charge in [-0.1, -0.05) is 23.8 Å². The van der Waals surface area contributed by atoms with Crippen molar-refractivity contribution in [1.82, 2.24) is 29.5 Å². The lowest BCUT2D eigenvalue weighted by molar-refractivity contribution is 0.00545. The van der Waals surface area contributed by atoms with Gasteiger partial charge in [0.05, 0.1) is 45.8 Å². The first kappa shape index (κ1) is 32.7. The Labute approximate surface area is 299 Å². The number of nitrogens with zero attached hydrogens (tertiary/aromatic N) is 7. The van der Waals surface area contributed by atoms with Crippen LogP contribution in [-0.4, -0.2) is 97.8 Å². The van der Waals surface area contributed by atoms with Crippen LogP contribution in [0.3, 0.4) is 0 Å². The molecule has 0 unspecified atom stereocenters. The lowest BCUT2D eigenvalue weighted by Crippen LogP contribution is -2.63. The summed E-state index contributed by atoms with van der Waals surface area (Å²) in [5.41, 5.74) is 0.355. The minimum Gasteiger partial charge on any atom is -0.489 e. The molecule has 2 aromatic heterocycles. The van der Waals surface area contributed by atoms with Crippen molar-refractivity contribution >= 4 is 45.3 Å². The zero-order valence-electron chi connectivity index (χ0n) is 29.1. The summed E-state index contributed by atoms with van der Waals surface area (Å²) in [4.78, 5) is 29.5. The highest BCUT2D eigenvalue weighted by Gasteiger charge is 2.52. The molecule has 14 heteroatoms. The lowest BCUT2D eigenvalue weighted by atomic mass is 9.94. The van der Waals surface area contributed by atoms with Gasteiger partial charge in [0.2, 0.25) is 0 Å². The van der Waals surface area contributed by atoms with Gasteiger partial charge in [-0.3, -0.25) is 14.5 Å². The van der Waals surface area contributed by atoms with Crippen molar-refractivity contribution in [2.75, 3.05) is 37.7 Å². The summed E-state index contributed by atoms with van der Waals surface area (Å²) in [5.74, 6) is -0.907. The topological polar surface area (TPSA) is 98.1 Å². The molecule has 5 aliphatic rings. The van der Waals surface area contributed by atoms with Gasteiger partial charge in [-0.25, -0.2) is 13.6 Å². The second kappa shape index (κ2) is 11.4. The molecular formula is C37H40ClF2N7O4. The molecule has 5 aliphatic heterocycles. The number of carbonyl (C=O) groups excluding carboxylic acids is 1. The number of benzene rings is 2.